The summed E-state index contributed by atoms with van der Waals surface area (Å²) < 4.78 is 11.9. The summed E-state index contributed by atoms with van der Waals surface area (Å²) in [6, 6.07) is 0. The lowest BCUT2D eigenvalue weighted by molar-refractivity contribution is -0.148. The van der Waals surface area contributed by atoms with Gasteiger partial charge in [-0.05, 0) is 75.9 Å². The van der Waals surface area contributed by atoms with Gasteiger partial charge in [-0.15, -0.1) is 11.3 Å². The number of carbonyl (C=O) groups is 1. The number of hydrogen-bond donors (Lipinski definition) is 0. The lowest BCUT2D eigenvalue weighted by Gasteiger charge is -2.25. The summed E-state index contributed by atoms with van der Waals surface area (Å²) in [5.74, 6) is -0.0856. The van der Waals surface area contributed by atoms with Gasteiger partial charge in [0.2, 0.25) is 0 Å². The minimum Gasteiger partial charge on any atom is -0.458 e. The summed E-state index contributed by atoms with van der Waals surface area (Å²) in [7, 11) is 0. The van der Waals surface area contributed by atoms with E-state index in [0.717, 1.165) is 54.8 Å². The SMILES string of the molecule is CC(=Cc1csc(C)n1)[C@@H]1CC[C@@H]2O[C@@H]2CC=CCCCCCC(C)(C)CCC(=O)O1. The van der Waals surface area contributed by atoms with Crippen molar-refractivity contribution in [3.63, 3.8) is 0 Å². The molecule has 1 aromatic rings. The third-order valence-electron chi connectivity index (χ3n) is 6.46. The maximum atomic E-state index is 12.7. The Kier molecular flexibility index (Phi) is 8.91. The molecular formula is C26H39NO3S. The van der Waals surface area contributed by atoms with Gasteiger partial charge >= 0.3 is 5.97 Å². The maximum absolute atomic E-state index is 12.7. The average Bonchev–Trinajstić information content (AvgIpc) is 3.34. The van der Waals surface area contributed by atoms with Gasteiger partial charge in [-0.25, -0.2) is 4.98 Å². The van der Waals surface area contributed by atoms with Gasteiger partial charge in [0.1, 0.15) is 6.10 Å². The topological polar surface area (TPSA) is 51.7 Å². The molecule has 0 aromatic carbocycles. The molecule has 2 aliphatic rings. The predicted molar refractivity (Wildman–Crippen MR) is 128 cm³/mol. The van der Waals surface area contributed by atoms with Gasteiger partial charge in [-0.3, -0.25) is 4.79 Å². The summed E-state index contributed by atoms with van der Waals surface area (Å²) in [5, 5.41) is 3.10. The van der Waals surface area contributed by atoms with E-state index in [1.165, 1.54) is 19.3 Å². The van der Waals surface area contributed by atoms with E-state index in [-0.39, 0.29) is 23.6 Å². The van der Waals surface area contributed by atoms with Crippen LogP contribution in [0.25, 0.3) is 6.08 Å². The van der Waals surface area contributed by atoms with Gasteiger partial charge in [0.05, 0.1) is 22.9 Å². The summed E-state index contributed by atoms with van der Waals surface area (Å²) in [6.45, 7) is 8.61. The predicted octanol–water partition coefficient (Wildman–Crippen LogP) is 7.03. The number of allylic oxidation sites excluding steroid dienone is 1. The van der Waals surface area contributed by atoms with E-state index >= 15 is 0 Å². The zero-order valence-electron chi connectivity index (χ0n) is 19.7. The number of carbonyl (C=O) groups excluding carboxylic acids is 1. The van der Waals surface area contributed by atoms with Crippen LogP contribution in [0.3, 0.4) is 0 Å². The van der Waals surface area contributed by atoms with Crippen molar-refractivity contribution in [2.24, 2.45) is 5.41 Å². The molecule has 0 aliphatic carbocycles. The van der Waals surface area contributed by atoms with E-state index in [4.69, 9.17) is 9.47 Å². The van der Waals surface area contributed by atoms with Gasteiger partial charge in [0.15, 0.2) is 0 Å². The van der Waals surface area contributed by atoms with Gasteiger partial charge < -0.3 is 9.47 Å². The zero-order chi connectivity index (χ0) is 22.3. The van der Waals surface area contributed by atoms with E-state index in [2.05, 4.69) is 49.4 Å². The molecule has 1 saturated heterocycles. The molecule has 0 radical (unpaired) electrons. The van der Waals surface area contributed by atoms with Gasteiger partial charge in [0, 0.05) is 11.8 Å². The molecule has 3 rings (SSSR count). The Hall–Kier alpha value is -1.46. The Morgan fingerprint density at radius 2 is 2.00 bits per heavy atom. The number of fused-ring (bicyclic) bond motifs is 1. The average molecular weight is 446 g/mol. The number of aromatic nitrogens is 1. The van der Waals surface area contributed by atoms with E-state index in [9.17, 15) is 4.79 Å². The van der Waals surface area contributed by atoms with Gasteiger partial charge in [-0.2, -0.15) is 0 Å². The van der Waals surface area contributed by atoms with Crippen LogP contribution in [0.2, 0.25) is 0 Å². The van der Waals surface area contributed by atoms with Crippen molar-refractivity contribution in [2.45, 2.75) is 110 Å². The number of cyclic esters (lactones) is 1. The summed E-state index contributed by atoms with van der Waals surface area (Å²) in [6.07, 6.45) is 17.2. The third-order valence-corrected chi connectivity index (χ3v) is 7.25. The Morgan fingerprint density at radius 1 is 1.16 bits per heavy atom. The molecular weight excluding hydrogens is 406 g/mol. The monoisotopic (exact) mass is 445 g/mol. The van der Waals surface area contributed by atoms with Crippen LogP contribution >= 0.6 is 11.3 Å². The first-order valence-corrected chi connectivity index (χ1v) is 12.8. The molecule has 0 saturated carbocycles. The second-order valence-electron chi connectivity index (χ2n) is 9.92. The quantitative estimate of drug-likeness (QED) is 0.278. The van der Waals surface area contributed by atoms with Crippen LogP contribution in [0.5, 0.6) is 0 Å². The first kappa shape index (κ1) is 24.2. The number of thiazole rings is 1. The number of epoxide rings is 1. The number of nitrogens with zero attached hydrogens (tertiary/aromatic N) is 1. The number of hydrogen-bond acceptors (Lipinski definition) is 5. The molecule has 4 nitrogen and oxygen atoms in total. The van der Waals surface area contributed by atoms with Crippen molar-refractivity contribution < 1.29 is 14.3 Å². The summed E-state index contributed by atoms with van der Waals surface area (Å²) in [5.41, 5.74) is 2.18. The van der Waals surface area contributed by atoms with Crippen LogP contribution in [0, 0.1) is 12.3 Å². The molecule has 2 aliphatic heterocycles. The van der Waals surface area contributed by atoms with E-state index in [1.807, 2.05) is 6.92 Å². The fraction of sp³-hybridized carbons (Fsp3) is 0.692. The molecule has 3 heterocycles. The minimum absolute atomic E-state index is 0.0856. The second kappa shape index (κ2) is 11.4. The van der Waals surface area contributed by atoms with Crippen molar-refractivity contribution in [2.75, 3.05) is 0 Å². The Labute approximate surface area is 192 Å². The number of ether oxygens (including phenoxy) is 2. The number of rotatable bonds is 2. The molecule has 1 fully saturated rings. The molecule has 3 atom stereocenters. The van der Waals surface area contributed by atoms with E-state index in [0.29, 0.717) is 12.5 Å². The standard InChI is InChI=1S/C26H39NO3S/c1-19(17-21-18-31-20(2)27-21)22-12-13-24-23(29-24)11-9-7-5-6-8-10-15-26(3,4)16-14-25(28)30-22/h7,9,17-18,22-24H,5-6,8,10-16H2,1-4H3/t22-,23+,24-/m0/s1. The van der Waals surface area contributed by atoms with Crippen LogP contribution in [-0.4, -0.2) is 29.3 Å². The lowest BCUT2D eigenvalue weighted by Crippen LogP contribution is -2.22. The van der Waals surface area contributed by atoms with Crippen LogP contribution in [0.4, 0.5) is 0 Å². The smallest absolute Gasteiger partial charge is 0.306 e. The van der Waals surface area contributed by atoms with E-state index < -0.39 is 0 Å². The fourth-order valence-corrected chi connectivity index (χ4v) is 4.85. The van der Waals surface area contributed by atoms with Gasteiger partial charge in [-0.1, -0.05) is 38.8 Å². The zero-order valence-corrected chi connectivity index (χ0v) is 20.5. The molecule has 172 valence electrons. The van der Waals surface area contributed by atoms with Crippen molar-refractivity contribution in [3.05, 3.63) is 33.8 Å². The highest BCUT2D eigenvalue weighted by atomic mass is 32.1. The molecule has 0 unspecified atom stereocenters. The molecule has 0 N–H and O–H groups in total. The first-order chi connectivity index (χ1) is 14.8. The summed E-state index contributed by atoms with van der Waals surface area (Å²) >= 11 is 1.64. The van der Waals surface area contributed by atoms with Crippen LogP contribution < -0.4 is 0 Å². The summed E-state index contributed by atoms with van der Waals surface area (Å²) in [4.78, 5) is 17.3. The van der Waals surface area contributed by atoms with Crippen LogP contribution in [-0.2, 0) is 14.3 Å². The van der Waals surface area contributed by atoms with Crippen molar-refractivity contribution in [1.82, 2.24) is 4.98 Å². The fourth-order valence-electron chi connectivity index (χ4n) is 4.28. The third kappa shape index (κ3) is 8.53. The maximum Gasteiger partial charge on any atom is 0.306 e. The van der Waals surface area contributed by atoms with Gasteiger partial charge in [0.25, 0.3) is 0 Å². The molecule has 0 amide bonds. The molecule has 0 bridgehead atoms. The lowest BCUT2D eigenvalue weighted by atomic mass is 9.82. The van der Waals surface area contributed by atoms with Crippen molar-refractivity contribution in [1.29, 1.82) is 0 Å². The molecule has 1 aromatic heterocycles. The number of esters is 1. The largest absolute Gasteiger partial charge is 0.458 e. The molecule has 0 spiro atoms. The van der Waals surface area contributed by atoms with Crippen molar-refractivity contribution >= 4 is 23.4 Å². The highest BCUT2D eigenvalue weighted by Crippen LogP contribution is 2.33. The van der Waals surface area contributed by atoms with Crippen LogP contribution in [0.15, 0.2) is 23.1 Å². The normalized spacial score (nSPS) is 28.8. The number of aryl methyl sites for hydroxylation is 1. The highest BCUT2D eigenvalue weighted by molar-refractivity contribution is 7.09. The first-order valence-electron chi connectivity index (χ1n) is 11.9. The Bertz CT molecular complexity index is 779. The minimum atomic E-state index is -0.211. The van der Waals surface area contributed by atoms with Crippen molar-refractivity contribution in [3.8, 4) is 0 Å². The Balaban J connectivity index is 1.66. The Morgan fingerprint density at radius 3 is 2.77 bits per heavy atom. The van der Waals surface area contributed by atoms with E-state index in [1.54, 1.807) is 11.3 Å². The second-order valence-corrected chi connectivity index (χ2v) is 11.0. The molecule has 5 heteroatoms. The molecule has 31 heavy (non-hydrogen) atoms. The highest BCUT2D eigenvalue weighted by Gasteiger charge is 2.38. The van der Waals surface area contributed by atoms with Crippen LogP contribution in [0.1, 0.15) is 95.7 Å².